The predicted octanol–water partition coefficient (Wildman–Crippen LogP) is 0.596. The van der Waals surface area contributed by atoms with Crippen molar-refractivity contribution in [1.82, 2.24) is 0 Å². The van der Waals surface area contributed by atoms with Crippen LogP contribution in [0.4, 0.5) is 4.39 Å². The van der Waals surface area contributed by atoms with Gasteiger partial charge in [0.25, 0.3) is 0 Å². The first-order valence-corrected chi connectivity index (χ1v) is 5.29. The molecule has 1 rings (SSSR count). The predicted molar refractivity (Wildman–Crippen MR) is 59.4 cm³/mol. The Morgan fingerprint density at radius 2 is 2.17 bits per heavy atom. The highest BCUT2D eigenvalue weighted by molar-refractivity contribution is 5.77. The van der Waals surface area contributed by atoms with Crippen LogP contribution in [0.2, 0.25) is 0 Å². The highest BCUT2D eigenvalue weighted by Gasteiger charge is 2.29. The molecule has 2 unspecified atom stereocenters. The van der Waals surface area contributed by atoms with Crippen LogP contribution in [0.3, 0.4) is 0 Å². The number of halogens is 1. The maximum atomic E-state index is 13.7. The molecule has 1 aromatic carbocycles. The van der Waals surface area contributed by atoms with Crippen LogP contribution in [0.5, 0.6) is 0 Å². The first kappa shape index (κ1) is 14.3. The Hall–Kier alpha value is -1.79. The lowest BCUT2D eigenvalue weighted by Crippen LogP contribution is -2.30. The number of aliphatic hydroxyl groups is 2. The van der Waals surface area contributed by atoms with E-state index in [0.29, 0.717) is 0 Å². The zero-order chi connectivity index (χ0) is 13.7. The van der Waals surface area contributed by atoms with Crippen molar-refractivity contribution in [3.05, 3.63) is 35.1 Å². The molecule has 0 spiro atoms. The van der Waals surface area contributed by atoms with E-state index in [0.717, 1.165) is 0 Å². The number of benzene rings is 1. The SMILES string of the molecule is CCOC(=O)C(O)C(O)c1cccc(C=O)c1F. The number of ether oxygens (including phenoxy) is 1. The Kier molecular flexibility index (Phi) is 4.94. The molecule has 0 fully saturated rings. The molecule has 98 valence electrons. The summed E-state index contributed by atoms with van der Waals surface area (Å²) in [6, 6.07) is 3.73. The number of aldehydes is 1. The number of rotatable bonds is 5. The van der Waals surface area contributed by atoms with Gasteiger partial charge in [0.15, 0.2) is 12.4 Å². The molecule has 0 aromatic heterocycles. The molecule has 0 saturated heterocycles. The monoisotopic (exact) mass is 256 g/mol. The van der Waals surface area contributed by atoms with Gasteiger partial charge in [0.05, 0.1) is 12.2 Å². The lowest BCUT2D eigenvalue weighted by atomic mass is 10.0. The number of carbonyl (C=O) groups is 2. The third-order valence-electron chi connectivity index (χ3n) is 2.33. The highest BCUT2D eigenvalue weighted by atomic mass is 19.1. The number of esters is 1. The average molecular weight is 256 g/mol. The van der Waals surface area contributed by atoms with Crippen molar-refractivity contribution in [2.45, 2.75) is 19.1 Å². The maximum absolute atomic E-state index is 13.7. The van der Waals surface area contributed by atoms with Gasteiger partial charge in [-0.05, 0) is 13.0 Å². The second-order valence-corrected chi connectivity index (χ2v) is 3.51. The van der Waals surface area contributed by atoms with Crippen molar-refractivity contribution >= 4 is 12.3 Å². The van der Waals surface area contributed by atoms with Crippen molar-refractivity contribution in [1.29, 1.82) is 0 Å². The van der Waals surface area contributed by atoms with E-state index in [2.05, 4.69) is 4.74 Å². The van der Waals surface area contributed by atoms with Crippen LogP contribution in [0.15, 0.2) is 18.2 Å². The van der Waals surface area contributed by atoms with Crippen molar-refractivity contribution in [2.75, 3.05) is 6.61 Å². The van der Waals surface area contributed by atoms with Gasteiger partial charge in [-0.3, -0.25) is 4.79 Å². The van der Waals surface area contributed by atoms with E-state index in [1.54, 1.807) is 0 Å². The molecule has 0 aliphatic carbocycles. The van der Waals surface area contributed by atoms with Gasteiger partial charge in [-0.2, -0.15) is 0 Å². The fraction of sp³-hybridized carbons (Fsp3) is 0.333. The molecule has 6 heteroatoms. The first-order valence-electron chi connectivity index (χ1n) is 5.29. The maximum Gasteiger partial charge on any atom is 0.338 e. The zero-order valence-corrected chi connectivity index (χ0v) is 9.67. The van der Waals surface area contributed by atoms with E-state index in [1.165, 1.54) is 25.1 Å². The minimum absolute atomic E-state index is 0.0273. The van der Waals surface area contributed by atoms with Gasteiger partial charge >= 0.3 is 5.97 Å². The summed E-state index contributed by atoms with van der Waals surface area (Å²) in [5.41, 5.74) is -0.595. The van der Waals surface area contributed by atoms with Gasteiger partial charge in [0, 0.05) is 5.56 Å². The van der Waals surface area contributed by atoms with Crippen molar-refractivity contribution in [2.24, 2.45) is 0 Å². The van der Waals surface area contributed by atoms with Gasteiger partial charge in [0.1, 0.15) is 11.9 Å². The van der Waals surface area contributed by atoms with Crippen molar-refractivity contribution < 1.29 is 28.9 Å². The molecule has 0 saturated carbocycles. The number of hydrogen-bond acceptors (Lipinski definition) is 5. The minimum Gasteiger partial charge on any atom is -0.464 e. The van der Waals surface area contributed by atoms with Crippen molar-refractivity contribution in [3.8, 4) is 0 Å². The van der Waals surface area contributed by atoms with E-state index in [9.17, 15) is 24.2 Å². The molecule has 0 aliphatic rings. The number of hydrogen-bond donors (Lipinski definition) is 2. The lowest BCUT2D eigenvalue weighted by molar-refractivity contribution is -0.159. The van der Waals surface area contributed by atoms with E-state index in [-0.39, 0.29) is 24.0 Å². The fourth-order valence-corrected chi connectivity index (χ4v) is 1.41. The Bertz CT molecular complexity index is 446. The van der Waals surface area contributed by atoms with Crippen LogP contribution >= 0.6 is 0 Å². The van der Waals surface area contributed by atoms with Gasteiger partial charge in [-0.1, -0.05) is 12.1 Å². The molecule has 2 N–H and O–H groups in total. The van der Waals surface area contributed by atoms with E-state index < -0.39 is 24.0 Å². The molecule has 0 aliphatic heterocycles. The fourth-order valence-electron chi connectivity index (χ4n) is 1.41. The molecule has 0 radical (unpaired) electrons. The van der Waals surface area contributed by atoms with E-state index >= 15 is 0 Å². The molecular formula is C12H13FO5. The summed E-state index contributed by atoms with van der Waals surface area (Å²) in [5.74, 6) is -2.02. The van der Waals surface area contributed by atoms with Crippen LogP contribution in [-0.2, 0) is 9.53 Å². The third kappa shape index (κ3) is 2.91. The smallest absolute Gasteiger partial charge is 0.338 e. The summed E-state index contributed by atoms with van der Waals surface area (Å²) in [7, 11) is 0. The molecule has 0 amide bonds. The largest absolute Gasteiger partial charge is 0.464 e. The summed E-state index contributed by atoms with van der Waals surface area (Å²) in [6.07, 6.45) is -3.41. The number of aliphatic hydroxyl groups excluding tert-OH is 2. The first-order chi connectivity index (χ1) is 8.52. The quantitative estimate of drug-likeness (QED) is 0.595. The topological polar surface area (TPSA) is 83.8 Å². The van der Waals surface area contributed by atoms with Gasteiger partial charge in [-0.25, -0.2) is 9.18 Å². The summed E-state index contributed by atoms with van der Waals surface area (Å²) in [6.45, 7) is 1.56. The molecule has 0 bridgehead atoms. The third-order valence-corrected chi connectivity index (χ3v) is 2.33. The average Bonchev–Trinajstić information content (AvgIpc) is 2.37. The van der Waals surface area contributed by atoms with Crippen LogP contribution in [0.1, 0.15) is 28.9 Å². The molecule has 5 nitrogen and oxygen atoms in total. The Labute approximate surface area is 103 Å². The molecule has 18 heavy (non-hydrogen) atoms. The Morgan fingerprint density at radius 1 is 1.50 bits per heavy atom. The van der Waals surface area contributed by atoms with E-state index in [1.807, 2.05) is 0 Å². The number of carbonyl (C=O) groups excluding carboxylic acids is 2. The van der Waals surface area contributed by atoms with Crippen LogP contribution in [0, 0.1) is 5.82 Å². The second-order valence-electron chi connectivity index (χ2n) is 3.51. The second kappa shape index (κ2) is 6.23. The summed E-state index contributed by atoms with van der Waals surface area (Å²) >= 11 is 0. The Morgan fingerprint density at radius 3 is 2.72 bits per heavy atom. The van der Waals surface area contributed by atoms with Crippen LogP contribution in [-0.4, -0.2) is 35.2 Å². The minimum atomic E-state index is -1.90. The summed E-state index contributed by atoms with van der Waals surface area (Å²) < 4.78 is 18.2. The van der Waals surface area contributed by atoms with E-state index in [4.69, 9.17) is 0 Å². The molecule has 0 heterocycles. The molecule has 1 aromatic rings. The van der Waals surface area contributed by atoms with Gasteiger partial charge < -0.3 is 14.9 Å². The standard InChI is InChI=1S/C12H13FO5/c1-2-18-12(17)11(16)10(15)8-5-3-4-7(6-14)9(8)13/h3-6,10-11,15-16H,2H2,1H3. The van der Waals surface area contributed by atoms with Gasteiger partial charge in [0.2, 0.25) is 0 Å². The van der Waals surface area contributed by atoms with Crippen LogP contribution in [0.25, 0.3) is 0 Å². The normalized spacial score (nSPS) is 13.8. The summed E-state index contributed by atoms with van der Waals surface area (Å²) in [4.78, 5) is 21.7. The molecule has 2 atom stereocenters. The van der Waals surface area contributed by atoms with Gasteiger partial charge in [-0.15, -0.1) is 0 Å². The van der Waals surface area contributed by atoms with Crippen LogP contribution < -0.4 is 0 Å². The van der Waals surface area contributed by atoms with Crippen molar-refractivity contribution in [3.63, 3.8) is 0 Å². The highest BCUT2D eigenvalue weighted by Crippen LogP contribution is 2.22. The zero-order valence-electron chi connectivity index (χ0n) is 9.67. The Balaban J connectivity index is 3.00. The molecular weight excluding hydrogens is 243 g/mol. The lowest BCUT2D eigenvalue weighted by Gasteiger charge is -2.17. The summed E-state index contributed by atoms with van der Waals surface area (Å²) in [5, 5.41) is 19.2.